The molecule has 3 heterocycles. The van der Waals surface area contributed by atoms with E-state index in [1.807, 2.05) is 53.1 Å². The van der Waals surface area contributed by atoms with Gasteiger partial charge in [0.1, 0.15) is 5.69 Å². The molecule has 0 aliphatic carbocycles. The Hall–Kier alpha value is -3.71. The molecule has 4 aromatic rings. The highest BCUT2D eigenvalue weighted by Crippen LogP contribution is 2.29. The minimum absolute atomic E-state index is 0.0905. The smallest absolute Gasteiger partial charge is 0.272 e. The quantitative estimate of drug-likeness (QED) is 0.299. The van der Waals surface area contributed by atoms with Crippen molar-refractivity contribution < 1.29 is 9.59 Å². The molecule has 0 unspecified atom stereocenters. The number of nitrogens with zero attached hydrogens (tertiary/aromatic N) is 5. The van der Waals surface area contributed by atoms with E-state index in [4.69, 9.17) is 16.6 Å². The molecule has 0 saturated carbocycles. The zero-order valence-electron chi connectivity index (χ0n) is 22.1. The summed E-state index contributed by atoms with van der Waals surface area (Å²) in [6.45, 7) is 6.27. The number of carbonyl (C=O) groups excluding carboxylic acids is 2. The van der Waals surface area contributed by atoms with Gasteiger partial charge in [-0.2, -0.15) is 5.10 Å². The lowest BCUT2D eigenvalue weighted by Crippen LogP contribution is -2.35. The van der Waals surface area contributed by atoms with E-state index >= 15 is 0 Å². The van der Waals surface area contributed by atoms with Gasteiger partial charge < -0.3 is 9.80 Å². The van der Waals surface area contributed by atoms with Crippen molar-refractivity contribution in [2.75, 3.05) is 19.6 Å². The average Bonchev–Trinajstić information content (AvgIpc) is 3.45. The van der Waals surface area contributed by atoms with Gasteiger partial charge in [-0.1, -0.05) is 41.4 Å². The Balaban J connectivity index is 1.52. The molecule has 1 aliphatic heterocycles. The molecule has 38 heavy (non-hydrogen) atoms. The first-order chi connectivity index (χ1) is 18.3. The third-order valence-corrected chi connectivity index (χ3v) is 7.28. The number of carbonyl (C=O) groups is 2. The van der Waals surface area contributed by atoms with Crippen LogP contribution in [0.2, 0.25) is 5.02 Å². The van der Waals surface area contributed by atoms with E-state index < -0.39 is 0 Å². The molecule has 1 fully saturated rings. The highest BCUT2D eigenvalue weighted by atomic mass is 35.5. The molecule has 1 aliphatic rings. The van der Waals surface area contributed by atoms with E-state index in [1.54, 1.807) is 11.7 Å². The summed E-state index contributed by atoms with van der Waals surface area (Å²) in [4.78, 5) is 34.7. The summed E-state index contributed by atoms with van der Waals surface area (Å²) in [5.41, 5.74) is 6.06. The second-order valence-corrected chi connectivity index (χ2v) is 10.5. The first kappa shape index (κ1) is 25.9. The lowest BCUT2D eigenvalue weighted by atomic mass is 10.0. The van der Waals surface area contributed by atoms with Gasteiger partial charge in [0, 0.05) is 55.6 Å². The first-order valence-corrected chi connectivity index (χ1v) is 13.4. The van der Waals surface area contributed by atoms with Crippen LogP contribution < -0.4 is 0 Å². The molecule has 2 amide bonds. The van der Waals surface area contributed by atoms with Crippen molar-refractivity contribution in [3.63, 3.8) is 0 Å². The summed E-state index contributed by atoms with van der Waals surface area (Å²) < 4.78 is 1.64. The number of aromatic nitrogens is 3. The Labute approximate surface area is 228 Å². The first-order valence-electron chi connectivity index (χ1n) is 13.0. The van der Waals surface area contributed by atoms with E-state index in [2.05, 4.69) is 30.2 Å². The molecule has 1 saturated heterocycles. The molecule has 7 nitrogen and oxygen atoms in total. The zero-order valence-corrected chi connectivity index (χ0v) is 22.8. The van der Waals surface area contributed by atoms with Gasteiger partial charge in [0.25, 0.3) is 5.91 Å². The summed E-state index contributed by atoms with van der Waals surface area (Å²) in [7, 11) is 1.79. The Kier molecular flexibility index (Phi) is 7.47. The van der Waals surface area contributed by atoms with Gasteiger partial charge in [0.15, 0.2) is 0 Å². The fraction of sp³-hybridized carbons (Fsp3) is 0.333. The molecule has 5 rings (SSSR count). The lowest BCUT2D eigenvalue weighted by Gasteiger charge is -2.25. The van der Waals surface area contributed by atoms with Crippen molar-refractivity contribution in [1.82, 2.24) is 24.6 Å². The third kappa shape index (κ3) is 5.58. The minimum Gasteiger partial charge on any atom is -0.343 e. The van der Waals surface area contributed by atoms with Gasteiger partial charge in [0.05, 0.1) is 16.9 Å². The molecule has 8 heteroatoms. The van der Waals surface area contributed by atoms with Crippen LogP contribution >= 0.6 is 11.6 Å². The Morgan fingerprint density at radius 3 is 2.66 bits per heavy atom. The number of benzene rings is 2. The number of hydrogen-bond acceptors (Lipinski definition) is 4. The number of halogens is 1. The minimum atomic E-state index is -0.0905. The number of aryl methyl sites for hydroxylation is 3. The van der Waals surface area contributed by atoms with E-state index in [9.17, 15) is 9.59 Å². The summed E-state index contributed by atoms with van der Waals surface area (Å²) in [5.74, 6) is 0.108. The molecule has 0 radical (unpaired) electrons. The van der Waals surface area contributed by atoms with Crippen molar-refractivity contribution in [2.24, 2.45) is 7.05 Å². The van der Waals surface area contributed by atoms with Crippen molar-refractivity contribution >= 4 is 34.3 Å². The molecular weight excluding hydrogens is 498 g/mol. The van der Waals surface area contributed by atoms with Crippen LogP contribution in [0.4, 0.5) is 0 Å². The summed E-state index contributed by atoms with van der Waals surface area (Å²) in [5, 5.41) is 5.99. The van der Waals surface area contributed by atoms with Crippen LogP contribution in [0.3, 0.4) is 0 Å². The van der Waals surface area contributed by atoms with Crippen molar-refractivity contribution in [3.8, 4) is 11.3 Å². The van der Waals surface area contributed by atoms with E-state index in [-0.39, 0.29) is 11.8 Å². The Morgan fingerprint density at radius 1 is 1.11 bits per heavy atom. The number of amides is 2. The van der Waals surface area contributed by atoms with E-state index in [1.165, 1.54) is 0 Å². The average molecular weight is 530 g/mol. The van der Waals surface area contributed by atoms with E-state index in [0.29, 0.717) is 43.2 Å². The third-order valence-electron chi connectivity index (χ3n) is 7.05. The molecule has 2 aromatic carbocycles. The fourth-order valence-electron chi connectivity index (χ4n) is 5.17. The molecule has 196 valence electrons. The van der Waals surface area contributed by atoms with Crippen LogP contribution in [-0.4, -0.2) is 56.0 Å². The second-order valence-electron chi connectivity index (χ2n) is 10.1. The molecule has 0 atom stereocenters. The molecular formula is C30H32ClN5O2. The van der Waals surface area contributed by atoms with Crippen molar-refractivity contribution in [3.05, 3.63) is 82.1 Å². The van der Waals surface area contributed by atoms with Crippen molar-refractivity contribution in [1.29, 1.82) is 0 Å². The molecule has 0 N–H and O–H groups in total. The number of fused-ring (bicyclic) bond motifs is 1. The van der Waals surface area contributed by atoms with Crippen LogP contribution in [0.25, 0.3) is 22.2 Å². The highest BCUT2D eigenvalue weighted by Gasteiger charge is 2.24. The fourth-order valence-corrected chi connectivity index (χ4v) is 5.34. The Bertz CT molecular complexity index is 1510. The maximum absolute atomic E-state index is 13.8. The Morgan fingerprint density at radius 2 is 1.95 bits per heavy atom. The van der Waals surface area contributed by atoms with E-state index in [0.717, 1.165) is 51.9 Å². The predicted octanol–water partition coefficient (Wildman–Crippen LogP) is 5.56. The monoisotopic (exact) mass is 529 g/mol. The maximum Gasteiger partial charge on any atom is 0.272 e. The standard InChI is InChI=1S/C30H32ClN5O2/c1-20-7-4-8-23(15-20)29-24(17-22-10-11-25(31)18-26(22)32-29)19-36(14-6-13-35-12-5-9-28(35)37)30(38)27-16-21(2)33-34(27)3/h4,7-8,10-11,15-18H,5-6,9,12-14,19H2,1-3H3. The topological polar surface area (TPSA) is 71.3 Å². The molecule has 2 aromatic heterocycles. The van der Waals surface area contributed by atoms with Crippen LogP contribution in [-0.2, 0) is 18.4 Å². The number of hydrogen-bond donors (Lipinski definition) is 0. The maximum atomic E-state index is 13.8. The number of rotatable bonds is 8. The normalized spacial score (nSPS) is 13.5. The van der Waals surface area contributed by atoms with Crippen LogP contribution in [0, 0.1) is 13.8 Å². The predicted molar refractivity (Wildman–Crippen MR) is 150 cm³/mol. The van der Waals surface area contributed by atoms with Gasteiger partial charge in [0.2, 0.25) is 5.91 Å². The number of likely N-dealkylation sites (tertiary alicyclic amines) is 1. The van der Waals surface area contributed by atoms with Gasteiger partial charge in [-0.05, 0) is 62.6 Å². The van der Waals surface area contributed by atoms with Gasteiger partial charge in [-0.25, -0.2) is 4.98 Å². The largest absolute Gasteiger partial charge is 0.343 e. The SMILES string of the molecule is Cc1cccc(-c2nc3cc(Cl)ccc3cc2CN(CCCN2CCCC2=O)C(=O)c2cc(C)nn2C)c1. The molecule has 0 bridgehead atoms. The van der Waals surface area contributed by atoms with Gasteiger partial charge in [-0.15, -0.1) is 0 Å². The number of pyridine rings is 1. The van der Waals surface area contributed by atoms with Gasteiger partial charge >= 0.3 is 0 Å². The van der Waals surface area contributed by atoms with Crippen LogP contribution in [0.15, 0.2) is 54.6 Å². The highest BCUT2D eigenvalue weighted by molar-refractivity contribution is 6.31. The van der Waals surface area contributed by atoms with Crippen molar-refractivity contribution in [2.45, 2.75) is 39.7 Å². The molecule has 0 spiro atoms. The second kappa shape index (κ2) is 11.0. The van der Waals surface area contributed by atoms with Gasteiger partial charge in [-0.3, -0.25) is 14.3 Å². The summed E-state index contributed by atoms with van der Waals surface area (Å²) in [6.07, 6.45) is 2.22. The summed E-state index contributed by atoms with van der Waals surface area (Å²) >= 11 is 6.28. The zero-order chi connectivity index (χ0) is 26.8. The van der Waals surface area contributed by atoms with Crippen LogP contribution in [0.1, 0.15) is 46.6 Å². The van der Waals surface area contributed by atoms with Crippen LogP contribution in [0.5, 0.6) is 0 Å². The summed E-state index contributed by atoms with van der Waals surface area (Å²) in [6, 6.07) is 17.8. The lowest BCUT2D eigenvalue weighted by molar-refractivity contribution is -0.127.